The van der Waals surface area contributed by atoms with Gasteiger partial charge in [-0.05, 0) is 47.8 Å². The summed E-state index contributed by atoms with van der Waals surface area (Å²) in [4.78, 5) is 0. The van der Waals surface area contributed by atoms with Crippen LogP contribution in [0.15, 0.2) is 18.2 Å². The summed E-state index contributed by atoms with van der Waals surface area (Å²) in [5, 5.41) is 1.16. The molecular formula is C16H27BrOSi. The molecule has 0 heterocycles. The summed E-state index contributed by atoms with van der Waals surface area (Å²) in [5.74, 6) is 1.04. The maximum Gasteiger partial charge on any atom is 0.250 e. The highest BCUT2D eigenvalue weighted by Crippen LogP contribution is 2.37. The predicted octanol–water partition coefficient (Wildman–Crippen LogP) is 5.92. The zero-order valence-electron chi connectivity index (χ0n) is 13.1. The van der Waals surface area contributed by atoms with Crippen LogP contribution in [0, 0.1) is 0 Å². The molecule has 0 unspecified atom stereocenters. The monoisotopic (exact) mass is 342 g/mol. The fraction of sp³-hybridized carbons (Fsp3) is 0.625. The van der Waals surface area contributed by atoms with Crippen molar-refractivity contribution in [1.82, 2.24) is 0 Å². The summed E-state index contributed by atoms with van der Waals surface area (Å²) in [6, 6.07) is 6.55. The SMILES string of the molecule is CCCc1cc(O[Si](C)(C)C(C)(C)C)ccc1CBr. The molecule has 0 amide bonds. The topological polar surface area (TPSA) is 9.23 Å². The summed E-state index contributed by atoms with van der Waals surface area (Å²) >= 11 is 3.56. The minimum Gasteiger partial charge on any atom is -0.543 e. The average molecular weight is 343 g/mol. The van der Waals surface area contributed by atoms with E-state index >= 15 is 0 Å². The third-order valence-electron chi connectivity index (χ3n) is 4.02. The van der Waals surface area contributed by atoms with Crippen molar-refractivity contribution in [3.05, 3.63) is 29.3 Å². The first-order valence-corrected chi connectivity index (χ1v) is 11.1. The molecule has 0 N–H and O–H groups in total. The van der Waals surface area contributed by atoms with Gasteiger partial charge in [0.05, 0.1) is 0 Å². The van der Waals surface area contributed by atoms with Crippen LogP contribution < -0.4 is 4.43 Å². The maximum atomic E-state index is 6.38. The van der Waals surface area contributed by atoms with Crippen LogP contribution in [0.4, 0.5) is 0 Å². The summed E-state index contributed by atoms with van der Waals surface area (Å²) in [6.07, 6.45) is 2.29. The van der Waals surface area contributed by atoms with E-state index in [2.05, 4.69) is 74.9 Å². The molecule has 1 nitrogen and oxygen atoms in total. The van der Waals surface area contributed by atoms with E-state index in [4.69, 9.17) is 4.43 Å². The highest BCUT2D eigenvalue weighted by molar-refractivity contribution is 9.08. The fourth-order valence-electron chi connectivity index (χ4n) is 1.75. The van der Waals surface area contributed by atoms with Gasteiger partial charge >= 0.3 is 0 Å². The first-order valence-electron chi connectivity index (χ1n) is 7.08. The van der Waals surface area contributed by atoms with Crippen molar-refractivity contribution in [2.45, 2.75) is 64.0 Å². The third-order valence-corrected chi connectivity index (χ3v) is 8.98. The Bertz CT molecular complexity index is 421. The number of alkyl halides is 1. The van der Waals surface area contributed by atoms with E-state index in [-0.39, 0.29) is 5.04 Å². The number of aryl methyl sites for hydroxylation is 1. The molecule has 3 heteroatoms. The first-order chi connectivity index (χ1) is 8.71. The molecule has 0 saturated heterocycles. The fourth-order valence-corrected chi connectivity index (χ4v) is 3.32. The molecular weight excluding hydrogens is 316 g/mol. The molecule has 0 aromatic heterocycles. The smallest absolute Gasteiger partial charge is 0.250 e. The Morgan fingerprint density at radius 1 is 1.16 bits per heavy atom. The molecule has 108 valence electrons. The van der Waals surface area contributed by atoms with E-state index in [0.29, 0.717) is 0 Å². The minimum atomic E-state index is -1.73. The van der Waals surface area contributed by atoms with Gasteiger partial charge in [0.15, 0.2) is 0 Å². The van der Waals surface area contributed by atoms with E-state index in [1.807, 2.05) is 0 Å². The Balaban J connectivity index is 3.00. The summed E-state index contributed by atoms with van der Waals surface area (Å²) in [5.41, 5.74) is 2.79. The molecule has 0 atom stereocenters. The molecule has 0 fully saturated rings. The van der Waals surface area contributed by atoms with Gasteiger partial charge in [-0.3, -0.25) is 0 Å². The second-order valence-electron chi connectivity index (χ2n) is 6.68. The Labute approximate surface area is 128 Å². The molecule has 0 saturated carbocycles. The molecule has 0 aliphatic heterocycles. The lowest BCUT2D eigenvalue weighted by Crippen LogP contribution is -2.43. The average Bonchev–Trinajstić information content (AvgIpc) is 2.28. The molecule has 1 aromatic rings. The van der Waals surface area contributed by atoms with Gasteiger partial charge in [0, 0.05) is 5.33 Å². The Kier molecular flexibility index (Phi) is 5.69. The Morgan fingerprint density at radius 2 is 1.79 bits per heavy atom. The molecule has 1 rings (SSSR count). The molecule has 0 spiro atoms. The van der Waals surface area contributed by atoms with Crippen LogP contribution in [-0.2, 0) is 11.8 Å². The zero-order valence-corrected chi connectivity index (χ0v) is 15.7. The summed E-state index contributed by atoms with van der Waals surface area (Å²) < 4.78 is 6.38. The van der Waals surface area contributed by atoms with E-state index in [9.17, 15) is 0 Å². The van der Waals surface area contributed by atoms with Crippen molar-refractivity contribution < 1.29 is 4.43 Å². The van der Waals surface area contributed by atoms with Gasteiger partial charge in [-0.25, -0.2) is 0 Å². The largest absolute Gasteiger partial charge is 0.543 e. The van der Waals surface area contributed by atoms with Crippen LogP contribution in [0.1, 0.15) is 45.2 Å². The normalized spacial score (nSPS) is 12.6. The van der Waals surface area contributed by atoms with Crippen molar-refractivity contribution >= 4 is 24.2 Å². The van der Waals surface area contributed by atoms with Gasteiger partial charge in [0.1, 0.15) is 5.75 Å². The van der Waals surface area contributed by atoms with Gasteiger partial charge in [-0.2, -0.15) is 0 Å². The quantitative estimate of drug-likeness (QED) is 0.476. The van der Waals surface area contributed by atoms with Crippen molar-refractivity contribution in [1.29, 1.82) is 0 Å². The van der Waals surface area contributed by atoms with Crippen molar-refractivity contribution in [2.24, 2.45) is 0 Å². The van der Waals surface area contributed by atoms with E-state index in [1.54, 1.807) is 0 Å². The van der Waals surface area contributed by atoms with Gasteiger partial charge in [-0.1, -0.05) is 56.1 Å². The molecule has 0 bridgehead atoms. The van der Waals surface area contributed by atoms with Crippen LogP contribution in [0.5, 0.6) is 5.75 Å². The van der Waals surface area contributed by atoms with Crippen molar-refractivity contribution in [3.8, 4) is 5.75 Å². The van der Waals surface area contributed by atoms with E-state index in [1.165, 1.54) is 17.5 Å². The molecule has 0 aliphatic rings. The van der Waals surface area contributed by atoms with Gasteiger partial charge < -0.3 is 4.43 Å². The zero-order chi connectivity index (χ0) is 14.7. The van der Waals surface area contributed by atoms with Gasteiger partial charge in [-0.15, -0.1) is 0 Å². The predicted molar refractivity (Wildman–Crippen MR) is 90.9 cm³/mol. The standard InChI is InChI=1S/C16H27BrOSi/c1-7-8-13-11-15(10-9-14(13)12-17)18-19(5,6)16(2,3)4/h9-11H,7-8,12H2,1-6H3. The first kappa shape index (κ1) is 16.8. The van der Waals surface area contributed by atoms with Crippen LogP contribution in [0.3, 0.4) is 0 Å². The van der Waals surface area contributed by atoms with Crippen molar-refractivity contribution in [2.75, 3.05) is 0 Å². The second kappa shape index (κ2) is 6.44. The Morgan fingerprint density at radius 3 is 2.26 bits per heavy atom. The third kappa shape index (κ3) is 4.35. The molecule has 0 radical (unpaired) electrons. The van der Waals surface area contributed by atoms with E-state index in [0.717, 1.165) is 17.5 Å². The lowest BCUT2D eigenvalue weighted by atomic mass is 10.0. The number of rotatable bonds is 5. The Hall–Kier alpha value is -0.283. The van der Waals surface area contributed by atoms with Crippen LogP contribution >= 0.6 is 15.9 Å². The minimum absolute atomic E-state index is 0.242. The van der Waals surface area contributed by atoms with Crippen molar-refractivity contribution in [3.63, 3.8) is 0 Å². The number of benzene rings is 1. The molecule has 1 aromatic carbocycles. The van der Waals surface area contributed by atoms with Crippen LogP contribution in [-0.4, -0.2) is 8.32 Å². The highest BCUT2D eigenvalue weighted by atomic mass is 79.9. The summed E-state index contributed by atoms with van der Waals surface area (Å²) in [6.45, 7) is 13.6. The van der Waals surface area contributed by atoms with Crippen LogP contribution in [0.2, 0.25) is 18.1 Å². The number of hydrogen-bond donors (Lipinski definition) is 0. The number of halogens is 1. The lowest BCUT2D eigenvalue weighted by molar-refractivity contribution is 0.491. The van der Waals surface area contributed by atoms with E-state index < -0.39 is 8.32 Å². The molecule has 0 aliphatic carbocycles. The highest BCUT2D eigenvalue weighted by Gasteiger charge is 2.38. The maximum absolute atomic E-state index is 6.38. The van der Waals surface area contributed by atoms with Crippen LogP contribution in [0.25, 0.3) is 0 Å². The van der Waals surface area contributed by atoms with Gasteiger partial charge in [0.2, 0.25) is 8.32 Å². The van der Waals surface area contributed by atoms with Gasteiger partial charge in [0.25, 0.3) is 0 Å². The molecule has 19 heavy (non-hydrogen) atoms. The second-order valence-corrected chi connectivity index (χ2v) is 12.0. The lowest BCUT2D eigenvalue weighted by Gasteiger charge is -2.36. The summed E-state index contributed by atoms with van der Waals surface area (Å²) in [7, 11) is -1.73. The number of hydrogen-bond acceptors (Lipinski definition) is 1.